The predicted octanol–water partition coefficient (Wildman–Crippen LogP) is -2.74. The molecule has 0 bridgehead atoms. The van der Waals surface area contributed by atoms with Gasteiger partial charge in [-0.05, 0) is 0 Å². The fourth-order valence-electron chi connectivity index (χ4n) is 0.230. The molecular weight excluding hydrogens is 140 g/mol. The highest BCUT2D eigenvalue weighted by Gasteiger charge is 2.22. The van der Waals surface area contributed by atoms with Crippen molar-refractivity contribution in [1.29, 1.82) is 0 Å². The van der Waals surface area contributed by atoms with E-state index in [1.807, 2.05) is 0 Å². The van der Waals surface area contributed by atoms with Gasteiger partial charge in [-0.1, -0.05) is 0 Å². The third-order valence-electron chi connectivity index (χ3n) is 0.684. The number of aldehydes is 1. The van der Waals surface area contributed by atoms with Crippen LogP contribution in [-0.4, -0.2) is 51.5 Å². The second-order valence-electron chi connectivity index (χ2n) is 1.31. The summed E-state index contributed by atoms with van der Waals surface area (Å²) in [7, 11) is 0. The van der Waals surface area contributed by atoms with Crippen molar-refractivity contribution in [3.05, 3.63) is 0 Å². The summed E-state index contributed by atoms with van der Waals surface area (Å²) in [6, 6.07) is 0. The molecule has 0 aromatic rings. The molecule has 0 saturated heterocycles. The lowest BCUT2D eigenvalue weighted by atomic mass is 10.1. The van der Waals surface area contributed by atoms with Crippen LogP contribution < -0.4 is 0 Å². The van der Waals surface area contributed by atoms with Crippen molar-refractivity contribution in [3.8, 4) is 0 Å². The quantitative estimate of drug-likeness (QED) is 0.330. The Bertz CT molecular complexity index is 257. The van der Waals surface area contributed by atoms with Crippen LogP contribution in [0.15, 0.2) is 0 Å². The zero-order chi connectivity index (χ0) is 12.7. The van der Waals surface area contributed by atoms with Gasteiger partial charge in [0.05, 0.1) is 13.4 Å². The molecule has 5 heteroatoms. The molecule has 0 amide bonds. The van der Waals surface area contributed by atoms with Crippen molar-refractivity contribution in [3.63, 3.8) is 0 Å². The van der Waals surface area contributed by atoms with E-state index in [-0.39, 0.29) is 0 Å². The number of carbonyl (C=O) groups is 1. The summed E-state index contributed by atoms with van der Waals surface area (Å²) in [5.74, 6) is 0. The molecule has 0 radical (unpaired) electrons. The van der Waals surface area contributed by atoms with Crippen molar-refractivity contribution in [2.45, 2.75) is 18.2 Å². The van der Waals surface area contributed by atoms with Crippen molar-refractivity contribution in [1.82, 2.24) is 0 Å². The topological polar surface area (TPSA) is 98.0 Å². The molecule has 4 N–H and O–H groups in total. The number of aliphatic hydroxyl groups is 4. The molecule has 0 aliphatic rings. The third-order valence-corrected chi connectivity index (χ3v) is 0.684. The van der Waals surface area contributed by atoms with Crippen molar-refractivity contribution >= 4 is 6.29 Å². The highest BCUT2D eigenvalue weighted by Crippen LogP contribution is 1.96. The van der Waals surface area contributed by atoms with Gasteiger partial charge in [0.2, 0.25) is 0 Å². The van der Waals surface area contributed by atoms with Gasteiger partial charge < -0.3 is 25.2 Å². The molecule has 0 aromatic heterocycles. The number of hydrogen-bond donors (Lipinski definition) is 4. The zero-order valence-electron chi connectivity index (χ0n) is 9.77. The Morgan fingerprint density at radius 1 is 1.60 bits per heavy atom. The lowest BCUT2D eigenvalue weighted by Crippen LogP contribution is -2.40. The van der Waals surface area contributed by atoms with E-state index in [9.17, 15) is 4.79 Å². The van der Waals surface area contributed by atoms with Gasteiger partial charge in [-0.15, -0.1) is 0 Å². The van der Waals surface area contributed by atoms with E-state index in [2.05, 4.69) is 0 Å². The first-order valence-corrected chi connectivity index (χ1v) is 2.17. The normalized spacial score (nSPS) is 37.8. The Hall–Kier alpha value is -0.490. The minimum atomic E-state index is -3.99. The van der Waals surface area contributed by atoms with Gasteiger partial charge in [0.25, 0.3) is 0 Å². The molecular formula is C5H10O5. The molecule has 60 valence electrons. The molecule has 0 heterocycles. The standard InChI is InChI=1S/C5H10O5/c6-1-3(8)5(10)4(9)2-7/h1,3-5,7-10H,2H2/t3-,4+,5-/m0/s1/i2D2,3D,4D,5D. The lowest BCUT2D eigenvalue weighted by molar-refractivity contribution is -0.127. The van der Waals surface area contributed by atoms with E-state index in [0.29, 0.717) is 0 Å². The van der Waals surface area contributed by atoms with Crippen LogP contribution >= 0.6 is 0 Å². The summed E-state index contributed by atoms with van der Waals surface area (Å²) in [5, 5.41) is 35.6. The Labute approximate surface area is 64.6 Å². The van der Waals surface area contributed by atoms with E-state index in [4.69, 9.17) is 27.3 Å². The Morgan fingerprint density at radius 2 is 2.10 bits per heavy atom. The maximum absolute atomic E-state index is 10.1. The molecule has 0 fully saturated rings. The van der Waals surface area contributed by atoms with Crippen LogP contribution in [0.4, 0.5) is 0 Å². The average Bonchev–Trinajstić information content (AvgIpc) is 2.01. The number of rotatable bonds is 4. The van der Waals surface area contributed by atoms with Gasteiger partial charge >= 0.3 is 0 Å². The molecule has 0 aliphatic heterocycles. The summed E-state index contributed by atoms with van der Waals surface area (Å²) in [4.78, 5) is 10.1. The van der Waals surface area contributed by atoms with Crippen molar-refractivity contribution < 1.29 is 32.1 Å². The fraction of sp³-hybridized carbons (Fsp3) is 0.800. The fourth-order valence-corrected chi connectivity index (χ4v) is 0.230. The summed E-state index contributed by atoms with van der Waals surface area (Å²) >= 11 is 0. The van der Waals surface area contributed by atoms with E-state index in [1.54, 1.807) is 0 Å². The van der Waals surface area contributed by atoms with Gasteiger partial charge in [0.1, 0.15) is 18.2 Å². The highest BCUT2D eigenvalue weighted by atomic mass is 16.4. The molecule has 5 nitrogen and oxygen atoms in total. The number of carbonyl (C=O) groups excluding carboxylic acids is 1. The first kappa shape index (κ1) is 3.77. The summed E-state index contributed by atoms with van der Waals surface area (Å²) < 4.78 is 33.4. The number of hydrogen-bond acceptors (Lipinski definition) is 5. The maximum Gasteiger partial charge on any atom is 0.151 e. The molecule has 0 aromatic carbocycles. The van der Waals surface area contributed by atoms with Gasteiger partial charge in [-0.25, -0.2) is 0 Å². The van der Waals surface area contributed by atoms with Crippen LogP contribution in [-0.2, 0) is 4.79 Å². The average molecular weight is 155 g/mol. The van der Waals surface area contributed by atoms with Crippen LogP contribution in [0.2, 0.25) is 0 Å². The highest BCUT2D eigenvalue weighted by molar-refractivity contribution is 5.56. The molecule has 0 unspecified atom stereocenters. The first-order valence-electron chi connectivity index (χ1n) is 4.67. The van der Waals surface area contributed by atoms with Gasteiger partial charge in [0.15, 0.2) is 6.29 Å². The minimum Gasteiger partial charge on any atom is -0.394 e. The van der Waals surface area contributed by atoms with Crippen LogP contribution in [0.25, 0.3) is 0 Å². The van der Waals surface area contributed by atoms with Gasteiger partial charge in [0, 0.05) is 0 Å². The summed E-state index contributed by atoms with van der Waals surface area (Å²) in [5.41, 5.74) is 0. The second kappa shape index (κ2) is 4.35. The summed E-state index contributed by atoms with van der Waals surface area (Å²) in [6.07, 6.45) is -12.3. The predicted molar refractivity (Wildman–Crippen MR) is 31.2 cm³/mol. The summed E-state index contributed by atoms with van der Waals surface area (Å²) in [6.45, 7) is -3.82. The smallest absolute Gasteiger partial charge is 0.151 e. The Morgan fingerprint density at radius 3 is 2.40 bits per heavy atom. The van der Waals surface area contributed by atoms with Gasteiger partial charge in [-0.3, -0.25) is 0 Å². The van der Waals surface area contributed by atoms with Crippen LogP contribution in [0.5, 0.6) is 0 Å². The largest absolute Gasteiger partial charge is 0.394 e. The molecule has 3 atom stereocenters. The second-order valence-corrected chi connectivity index (χ2v) is 1.31. The zero-order valence-corrected chi connectivity index (χ0v) is 4.77. The van der Waals surface area contributed by atoms with Crippen LogP contribution in [0, 0.1) is 0 Å². The van der Waals surface area contributed by atoms with E-state index in [0.717, 1.165) is 0 Å². The van der Waals surface area contributed by atoms with Crippen molar-refractivity contribution in [2.75, 3.05) is 6.56 Å². The SMILES string of the molecule is [2H]C([2H])(O)[C@@]([2H])(O)[C@@]([2H])(O)[C@@]([2H])(O)C=O. The van der Waals surface area contributed by atoms with E-state index < -0.39 is 31.1 Å². The monoisotopic (exact) mass is 155 g/mol. The van der Waals surface area contributed by atoms with Gasteiger partial charge in [-0.2, -0.15) is 0 Å². The Kier molecular flexibility index (Phi) is 1.64. The lowest BCUT2D eigenvalue weighted by Gasteiger charge is -2.16. The van der Waals surface area contributed by atoms with Crippen molar-refractivity contribution in [2.24, 2.45) is 0 Å². The molecule has 10 heavy (non-hydrogen) atoms. The molecule has 0 aliphatic carbocycles. The van der Waals surface area contributed by atoms with E-state index in [1.165, 1.54) is 0 Å². The molecule has 0 saturated carbocycles. The van der Waals surface area contributed by atoms with Crippen LogP contribution in [0.1, 0.15) is 6.85 Å². The van der Waals surface area contributed by atoms with Crippen LogP contribution in [0.3, 0.4) is 0 Å². The maximum atomic E-state index is 10.1. The Balaban J connectivity index is 5.47. The third kappa shape index (κ3) is 2.40. The van der Waals surface area contributed by atoms with E-state index >= 15 is 0 Å². The molecule has 0 rings (SSSR count). The first-order chi connectivity index (χ1) is 6.31. The minimum absolute atomic E-state index is 0.675. The molecule has 0 spiro atoms.